The van der Waals surface area contributed by atoms with Gasteiger partial charge in [-0.05, 0) is 42.8 Å². The Morgan fingerprint density at radius 1 is 1.00 bits per heavy atom. The van der Waals surface area contributed by atoms with Gasteiger partial charge in [-0.15, -0.1) is 24.0 Å². The first kappa shape index (κ1) is 24.5. The monoisotopic (exact) mass is 532 g/mol. The molecule has 1 unspecified atom stereocenters. The number of rotatable bonds is 8. The molecule has 0 fully saturated rings. The Bertz CT molecular complexity index is 967. The molecule has 6 nitrogen and oxygen atoms in total. The number of hydrogen-bond acceptors (Lipinski definition) is 4. The van der Waals surface area contributed by atoms with Crippen molar-refractivity contribution in [2.24, 2.45) is 4.99 Å². The normalized spacial score (nSPS) is 11.8. The number of benzene rings is 2. The van der Waals surface area contributed by atoms with Crippen LogP contribution in [0, 0.1) is 0 Å². The summed E-state index contributed by atoms with van der Waals surface area (Å²) in [5.41, 5.74) is 3.21. The number of hydrogen-bond donors (Lipinski definition) is 2. The van der Waals surface area contributed by atoms with Crippen molar-refractivity contribution in [3.05, 3.63) is 78.5 Å². The van der Waals surface area contributed by atoms with Crippen LogP contribution in [0.5, 0.6) is 11.5 Å². The number of guanidine groups is 1. The fraction of sp³-hybridized carbons (Fsp3) is 0.250. The van der Waals surface area contributed by atoms with Gasteiger partial charge in [-0.2, -0.15) is 0 Å². The number of para-hydroxylation sites is 2. The molecule has 1 heterocycles. The van der Waals surface area contributed by atoms with Crippen molar-refractivity contribution in [3.63, 3.8) is 0 Å². The van der Waals surface area contributed by atoms with Crippen LogP contribution in [0.25, 0.3) is 11.3 Å². The van der Waals surface area contributed by atoms with Crippen molar-refractivity contribution < 1.29 is 9.47 Å². The summed E-state index contributed by atoms with van der Waals surface area (Å²) in [5, 5.41) is 6.65. The van der Waals surface area contributed by atoms with Crippen molar-refractivity contribution in [1.29, 1.82) is 0 Å². The molecule has 7 heteroatoms. The Balaban J connectivity index is 0.00000341. The molecule has 164 valence electrons. The number of nitrogens with one attached hydrogen (secondary N) is 2. The van der Waals surface area contributed by atoms with E-state index in [0.29, 0.717) is 19.0 Å². The van der Waals surface area contributed by atoms with Crippen LogP contribution in [-0.4, -0.2) is 37.7 Å². The van der Waals surface area contributed by atoms with Crippen LogP contribution < -0.4 is 20.1 Å². The SMILES string of the molecule is CN=C(NCc1cccc(-c2ccccn2)c1)NCC(C)Oc1ccccc1OC.I. The fourth-order valence-electron chi connectivity index (χ4n) is 3.00. The quantitative estimate of drug-likeness (QED) is 0.254. The molecule has 1 atom stereocenters. The van der Waals surface area contributed by atoms with E-state index in [2.05, 4.69) is 38.8 Å². The smallest absolute Gasteiger partial charge is 0.191 e. The summed E-state index contributed by atoms with van der Waals surface area (Å²) in [5.74, 6) is 2.16. The molecular formula is C24H29IN4O2. The highest BCUT2D eigenvalue weighted by molar-refractivity contribution is 14.0. The van der Waals surface area contributed by atoms with Crippen LogP contribution in [-0.2, 0) is 6.54 Å². The minimum atomic E-state index is -0.0627. The highest BCUT2D eigenvalue weighted by atomic mass is 127. The highest BCUT2D eigenvalue weighted by Crippen LogP contribution is 2.26. The van der Waals surface area contributed by atoms with Crippen molar-refractivity contribution >= 4 is 29.9 Å². The Hall–Kier alpha value is -2.81. The molecule has 0 aliphatic carbocycles. The molecule has 0 amide bonds. The van der Waals surface area contributed by atoms with Crippen molar-refractivity contribution in [2.45, 2.75) is 19.6 Å². The van der Waals surface area contributed by atoms with E-state index in [1.54, 1.807) is 20.4 Å². The van der Waals surface area contributed by atoms with Gasteiger partial charge in [0.05, 0.1) is 19.3 Å². The van der Waals surface area contributed by atoms with E-state index < -0.39 is 0 Å². The maximum Gasteiger partial charge on any atom is 0.191 e. The molecule has 0 aliphatic rings. The van der Waals surface area contributed by atoms with Gasteiger partial charge >= 0.3 is 0 Å². The Morgan fingerprint density at radius 3 is 2.48 bits per heavy atom. The van der Waals surface area contributed by atoms with Gasteiger partial charge in [-0.1, -0.05) is 36.4 Å². The van der Waals surface area contributed by atoms with E-state index in [9.17, 15) is 0 Å². The summed E-state index contributed by atoms with van der Waals surface area (Å²) in [6.45, 7) is 3.26. The van der Waals surface area contributed by atoms with E-state index in [0.717, 1.165) is 28.3 Å². The topological polar surface area (TPSA) is 67.8 Å². The minimum absolute atomic E-state index is 0. The standard InChI is InChI=1S/C24H28N4O2.HI/c1-18(30-23-13-5-4-12-22(23)29-3)16-27-24(25-2)28-17-19-9-8-10-20(15-19)21-11-6-7-14-26-21;/h4-15,18H,16-17H2,1-3H3,(H2,25,27,28);1H. The number of ether oxygens (including phenoxy) is 2. The molecule has 0 radical (unpaired) electrons. The Morgan fingerprint density at radius 2 is 1.77 bits per heavy atom. The van der Waals surface area contributed by atoms with Gasteiger partial charge < -0.3 is 20.1 Å². The number of aromatic nitrogens is 1. The first-order valence-electron chi connectivity index (χ1n) is 9.94. The maximum atomic E-state index is 5.98. The largest absolute Gasteiger partial charge is 0.493 e. The van der Waals surface area contributed by atoms with E-state index in [1.807, 2.05) is 55.5 Å². The number of halogens is 1. The van der Waals surface area contributed by atoms with E-state index >= 15 is 0 Å². The Kier molecular flexibility index (Phi) is 10.1. The van der Waals surface area contributed by atoms with Crippen molar-refractivity contribution in [3.8, 4) is 22.8 Å². The molecule has 0 bridgehead atoms. The van der Waals surface area contributed by atoms with Crippen LogP contribution in [0.2, 0.25) is 0 Å². The van der Waals surface area contributed by atoms with E-state index in [1.165, 1.54) is 0 Å². The van der Waals surface area contributed by atoms with Gasteiger partial charge in [-0.3, -0.25) is 9.98 Å². The molecule has 31 heavy (non-hydrogen) atoms. The molecular weight excluding hydrogens is 503 g/mol. The summed E-state index contributed by atoms with van der Waals surface area (Å²) in [4.78, 5) is 8.72. The van der Waals surface area contributed by atoms with Gasteiger partial charge in [0.2, 0.25) is 0 Å². The fourth-order valence-corrected chi connectivity index (χ4v) is 3.00. The molecule has 0 aliphatic heterocycles. The van der Waals surface area contributed by atoms with Crippen molar-refractivity contribution in [2.75, 3.05) is 20.7 Å². The van der Waals surface area contributed by atoms with Crippen LogP contribution >= 0.6 is 24.0 Å². The summed E-state index contributed by atoms with van der Waals surface area (Å²) in [6.07, 6.45) is 1.74. The Labute approximate surface area is 201 Å². The average Bonchev–Trinajstić information content (AvgIpc) is 2.80. The van der Waals surface area contributed by atoms with Crippen LogP contribution in [0.4, 0.5) is 0 Å². The average molecular weight is 532 g/mol. The third kappa shape index (κ3) is 7.43. The lowest BCUT2D eigenvalue weighted by Gasteiger charge is -2.19. The predicted molar refractivity (Wildman–Crippen MR) is 136 cm³/mol. The third-order valence-corrected chi connectivity index (χ3v) is 4.53. The van der Waals surface area contributed by atoms with E-state index in [4.69, 9.17) is 9.47 Å². The zero-order valence-corrected chi connectivity index (χ0v) is 20.4. The molecule has 0 saturated heterocycles. The zero-order valence-electron chi connectivity index (χ0n) is 18.0. The van der Waals surface area contributed by atoms with Crippen LogP contribution in [0.15, 0.2) is 77.9 Å². The second-order valence-corrected chi connectivity index (χ2v) is 6.80. The third-order valence-electron chi connectivity index (χ3n) is 4.53. The number of aliphatic imine (C=N–C) groups is 1. The van der Waals surface area contributed by atoms with E-state index in [-0.39, 0.29) is 30.1 Å². The summed E-state index contributed by atoms with van der Waals surface area (Å²) < 4.78 is 11.3. The lowest BCUT2D eigenvalue weighted by Crippen LogP contribution is -2.41. The molecule has 2 aromatic carbocycles. The molecule has 2 N–H and O–H groups in total. The van der Waals surface area contributed by atoms with Gasteiger partial charge in [0.25, 0.3) is 0 Å². The lowest BCUT2D eigenvalue weighted by atomic mass is 10.1. The minimum Gasteiger partial charge on any atom is -0.493 e. The zero-order chi connectivity index (χ0) is 21.2. The van der Waals surface area contributed by atoms with Crippen molar-refractivity contribution in [1.82, 2.24) is 15.6 Å². The molecule has 3 rings (SSSR count). The van der Waals surface area contributed by atoms with Crippen LogP contribution in [0.1, 0.15) is 12.5 Å². The summed E-state index contributed by atoms with van der Waals surface area (Å²) in [7, 11) is 3.39. The molecule has 3 aromatic rings. The van der Waals surface area contributed by atoms with Crippen LogP contribution in [0.3, 0.4) is 0 Å². The van der Waals surface area contributed by atoms with Gasteiger partial charge in [0, 0.05) is 25.4 Å². The van der Waals surface area contributed by atoms with Gasteiger partial charge in [0.15, 0.2) is 17.5 Å². The first-order chi connectivity index (χ1) is 14.7. The predicted octanol–water partition coefficient (Wildman–Crippen LogP) is 4.51. The lowest BCUT2D eigenvalue weighted by molar-refractivity contribution is 0.213. The summed E-state index contributed by atoms with van der Waals surface area (Å²) in [6, 6.07) is 21.9. The highest BCUT2D eigenvalue weighted by Gasteiger charge is 2.09. The summed E-state index contributed by atoms with van der Waals surface area (Å²) >= 11 is 0. The van der Waals surface area contributed by atoms with Gasteiger partial charge in [-0.25, -0.2) is 0 Å². The number of nitrogens with zero attached hydrogens (tertiary/aromatic N) is 2. The number of pyridine rings is 1. The van der Waals surface area contributed by atoms with Gasteiger partial charge in [0.1, 0.15) is 6.10 Å². The maximum absolute atomic E-state index is 5.98. The second-order valence-electron chi connectivity index (χ2n) is 6.80. The molecule has 1 aromatic heterocycles. The first-order valence-corrected chi connectivity index (χ1v) is 9.94. The second kappa shape index (κ2) is 12.8. The number of methoxy groups -OCH3 is 1. The molecule has 0 spiro atoms. The molecule has 0 saturated carbocycles.